The van der Waals surface area contributed by atoms with Crippen LogP contribution < -0.4 is 0 Å². The Morgan fingerprint density at radius 3 is 1.62 bits per heavy atom. The average molecular weight is 778 g/mol. The van der Waals surface area contributed by atoms with Gasteiger partial charge in [0.15, 0.2) is 5.82 Å². The summed E-state index contributed by atoms with van der Waals surface area (Å²) in [5, 5.41) is 7.96. The third-order valence-corrected chi connectivity index (χ3v) is 11.9. The zero-order valence-corrected chi connectivity index (χ0v) is 33.0. The van der Waals surface area contributed by atoms with Crippen LogP contribution in [0.25, 0.3) is 122 Å². The Balaban J connectivity index is 0.992. The zero-order valence-electron chi connectivity index (χ0n) is 33.0. The van der Waals surface area contributed by atoms with Crippen LogP contribution in [0.3, 0.4) is 0 Å². The van der Waals surface area contributed by atoms with Gasteiger partial charge in [-0.15, -0.1) is 0 Å². The SMILES string of the molecule is c1ccc(-c2ccc(-c3nc(-c4ccccc4)cc(-c4ccc(-c5nc6cc(-c7cc8ccccc8c8ccccc78)ccc6c6oc7ccccc7c56)cc4)n3)cc2)cc1. The van der Waals surface area contributed by atoms with Gasteiger partial charge in [-0.2, -0.15) is 0 Å². The molecule has 0 saturated heterocycles. The molecular weight excluding hydrogens is 743 g/mol. The Kier molecular flexibility index (Phi) is 8.13. The molecule has 9 aromatic carbocycles. The fourth-order valence-electron chi connectivity index (χ4n) is 8.85. The molecular formula is C57H35N3O. The lowest BCUT2D eigenvalue weighted by atomic mass is 9.92. The van der Waals surface area contributed by atoms with Crippen LogP contribution in [0.1, 0.15) is 0 Å². The minimum Gasteiger partial charge on any atom is -0.455 e. The van der Waals surface area contributed by atoms with Crippen molar-refractivity contribution in [3.8, 4) is 67.4 Å². The van der Waals surface area contributed by atoms with Gasteiger partial charge in [-0.3, -0.25) is 0 Å². The van der Waals surface area contributed by atoms with E-state index in [1.165, 1.54) is 32.7 Å². The predicted octanol–water partition coefficient (Wildman–Crippen LogP) is 15.2. The van der Waals surface area contributed by atoms with E-state index in [1.54, 1.807) is 0 Å². The molecule has 0 bridgehead atoms. The molecule has 4 nitrogen and oxygen atoms in total. The molecule has 0 fully saturated rings. The number of hydrogen-bond acceptors (Lipinski definition) is 4. The van der Waals surface area contributed by atoms with Gasteiger partial charge in [0.05, 0.1) is 28.0 Å². The van der Waals surface area contributed by atoms with Crippen LogP contribution in [0.15, 0.2) is 217 Å². The molecule has 0 aliphatic rings. The first-order valence-electron chi connectivity index (χ1n) is 20.6. The van der Waals surface area contributed by atoms with E-state index in [9.17, 15) is 0 Å². The summed E-state index contributed by atoms with van der Waals surface area (Å²) in [5.41, 5.74) is 13.8. The molecule has 0 unspecified atom stereocenters. The molecule has 0 aliphatic heterocycles. The molecule has 0 aliphatic carbocycles. The number of fused-ring (bicyclic) bond motifs is 8. The molecule has 0 atom stereocenters. The molecule has 3 heterocycles. The Morgan fingerprint density at radius 1 is 0.328 bits per heavy atom. The molecule has 61 heavy (non-hydrogen) atoms. The summed E-state index contributed by atoms with van der Waals surface area (Å²) >= 11 is 0. The van der Waals surface area contributed by atoms with Crippen molar-refractivity contribution in [1.82, 2.24) is 15.0 Å². The second-order valence-corrected chi connectivity index (χ2v) is 15.5. The molecule has 12 aromatic rings. The van der Waals surface area contributed by atoms with Crippen LogP contribution in [0.5, 0.6) is 0 Å². The van der Waals surface area contributed by atoms with Crippen LogP contribution in [0.4, 0.5) is 0 Å². The topological polar surface area (TPSA) is 51.8 Å². The highest BCUT2D eigenvalue weighted by Gasteiger charge is 2.20. The first kappa shape index (κ1) is 34.8. The number of para-hydroxylation sites is 1. The summed E-state index contributed by atoms with van der Waals surface area (Å²) in [7, 11) is 0. The summed E-state index contributed by atoms with van der Waals surface area (Å²) in [5.74, 6) is 0.679. The molecule has 4 heteroatoms. The van der Waals surface area contributed by atoms with Crippen molar-refractivity contribution in [2.45, 2.75) is 0 Å². The Bertz CT molecular complexity index is 3610. The third kappa shape index (κ3) is 6.04. The molecule has 0 amide bonds. The highest BCUT2D eigenvalue weighted by Crippen LogP contribution is 2.42. The normalized spacial score (nSPS) is 11.6. The van der Waals surface area contributed by atoms with E-state index in [4.69, 9.17) is 19.4 Å². The van der Waals surface area contributed by atoms with Crippen molar-refractivity contribution >= 4 is 54.4 Å². The molecule has 0 spiro atoms. The molecule has 0 N–H and O–H groups in total. The maximum absolute atomic E-state index is 6.68. The van der Waals surface area contributed by atoms with Gasteiger partial charge in [0, 0.05) is 33.0 Å². The van der Waals surface area contributed by atoms with Gasteiger partial charge < -0.3 is 4.42 Å². The molecule has 3 aromatic heterocycles. The fraction of sp³-hybridized carbons (Fsp3) is 0. The number of rotatable bonds is 6. The largest absolute Gasteiger partial charge is 0.455 e. The van der Waals surface area contributed by atoms with E-state index >= 15 is 0 Å². The lowest BCUT2D eigenvalue weighted by Crippen LogP contribution is -1.96. The summed E-state index contributed by atoms with van der Waals surface area (Å²) in [6, 6.07) is 74.4. The maximum atomic E-state index is 6.68. The predicted molar refractivity (Wildman–Crippen MR) is 252 cm³/mol. The van der Waals surface area contributed by atoms with Crippen molar-refractivity contribution in [2.24, 2.45) is 0 Å². The number of furan rings is 1. The lowest BCUT2D eigenvalue weighted by Gasteiger charge is -2.13. The van der Waals surface area contributed by atoms with E-state index in [-0.39, 0.29) is 0 Å². The maximum Gasteiger partial charge on any atom is 0.160 e. The summed E-state index contributed by atoms with van der Waals surface area (Å²) in [6.07, 6.45) is 0. The summed E-state index contributed by atoms with van der Waals surface area (Å²) in [4.78, 5) is 15.7. The highest BCUT2D eigenvalue weighted by atomic mass is 16.3. The van der Waals surface area contributed by atoms with Gasteiger partial charge in [0.2, 0.25) is 0 Å². The summed E-state index contributed by atoms with van der Waals surface area (Å²) in [6.45, 7) is 0. The Morgan fingerprint density at radius 2 is 0.869 bits per heavy atom. The van der Waals surface area contributed by atoms with Crippen molar-refractivity contribution < 1.29 is 4.42 Å². The van der Waals surface area contributed by atoms with Gasteiger partial charge in [0.25, 0.3) is 0 Å². The van der Waals surface area contributed by atoms with Gasteiger partial charge in [-0.25, -0.2) is 15.0 Å². The minimum absolute atomic E-state index is 0.679. The van der Waals surface area contributed by atoms with Gasteiger partial charge in [-0.1, -0.05) is 182 Å². The molecule has 0 radical (unpaired) electrons. The van der Waals surface area contributed by atoms with Crippen LogP contribution in [0, 0.1) is 0 Å². The van der Waals surface area contributed by atoms with Crippen molar-refractivity contribution in [3.63, 3.8) is 0 Å². The lowest BCUT2D eigenvalue weighted by molar-refractivity contribution is 0.672. The van der Waals surface area contributed by atoms with E-state index in [0.717, 1.165) is 83.3 Å². The second-order valence-electron chi connectivity index (χ2n) is 15.5. The van der Waals surface area contributed by atoms with Crippen LogP contribution in [-0.4, -0.2) is 15.0 Å². The van der Waals surface area contributed by atoms with E-state index in [1.807, 2.05) is 36.4 Å². The first-order valence-corrected chi connectivity index (χ1v) is 20.6. The average Bonchev–Trinajstić information content (AvgIpc) is 3.74. The number of nitrogens with zero attached hydrogens (tertiary/aromatic N) is 3. The second kappa shape index (κ2) is 14.3. The van der Waals surface area contributed by atoms with Crippen molar-refractivity contribution in [1.29, 1.82) is 0 Å². The van der Waals surface area contributed by atoms with Gasteiger partial charge >= 0.3 is 0 Å². The Hall–Kier alpha value is -8.21. The Labute approximate surface area is 352 Å². The summed E-state index contributed by atoms with van der Waals surface area (Å²) < 4.78 is 6.68. The van der Waals surface area contributed by atoms with E-state index < -0.39 is 0 Å². The van der Waals surface area contributed by atoms with E-state index in [0.29, 0.717) is 5.82 Å². The number of aromatic nitrogens is 3. The fourth-order valence-corrected chi connectivity index (χ4v) is 8.85. The quantitative estimate of drug-likeness (QED) is 0.158. The van der Waals surface area contributed by atoms with Crippen LogP contribution in [-0.2, 0) is 0 Å². The smallest absolute Gasteiger partial charge is 0.160 e. The first-order chi connectivity index (χ1) is 30.2. The van der Waals surface area contributed by atoms with Crippen LogP contribution in [0.2, 0.25) is 0 Å². The van der Waals surface area contributed by atoms with Gasteiger partial charge in [0.1, 0.15) is 11.2 Å². The third-order valence-electron chi connectivity index (χ3n) is 11.9. The zero-order chi connectivity index (χ0) is 40.3. The van der Waals surface area contributed by atoms with Crippen molar-refractivity contribution in [2.75, 3.05) is 0 Å². The molecule has 284 valence electrons. The van der Waals surface area contributed by atoms with Gasteiger partial charge in [-0.05, 0) is 74.1 Å². The standard InChI is InChI=1S/C57H35N3O/c1-3-13-36(14-4-1)37-23-29-41(30-24-37)57-59-50(38-15-5-2-6-16-38)35-51(60-57)39-25-27-40(28-26-39)55-54-48-21-11-12-22-53(48)61-56(54)47-32-31-43(34-52(47)58-55)49-33-42-17-7-8-18-44(42)45-19-9-10-20-46(45)49/h1-35H. The number of benzene rings is 9. The number of hydrogen-bond donors (Lipinski definition) is 0. The molecule has 12 rings (SSSR count). The highest BCUT2D eigenvalue weighted by molar-refractivity contribution is 6.20. The van der Waals surface area contributed by atoms with E-state index in [2.05, 4.69) is 176 Å². The minimum atomic E-state index is 0.679. The van der Waals surface area contributed by atoms with Crippen LogP contribution >= 0.6 is 0 Å². The monoisotopic (exact) mass is 777 g/mol. The van der Waals surface area contributed by atoms with Crippen molar-refractivity contribution in [3.05, 3.63) is 212 Å². The number of pyridine rings is 1. The molecule has 0 saturated carbocycles.